The molecular weight excluding hydrogens is 320 g/mol. The number of aryl methyl sites for hydroxylation is 2. The predicted octanol–water partition coefficient (Wildman–Crippen LogP) is 0.606. The van der Waals surface area contributed by atoms with E-state index in [0.29, 0.717) is 31.9 Å². The summed E-state index contributed by atoms with van der Waals surface area (Å²) in [6, 6.07) is 8.11. The van der Waals surface area contributed by atoms with Crippen LogP contribution in [0.2, 0.25) is 0 Å². The first-order valence-electron chi connectivity index (χ1n) is 8.45. The summed E-state index contributed by atoms with van der Waals surface area (Å²) in [7, 11) is 0. The lowest BCUT2D eigenvalue weighted by Crippen LogP contribution is -2.33. The molecule has 132 valence electrons. The quantitative estimate of drug-likeness (QED) is 0.717. The fraction of sp³-hybridized carbons (Fsp3) is 0.471. The smallest absolute Gasteiger partial charge is 0.225 e. The number of aromatic amines is 1. The van der Waals surface area contributed by atoms with Gasteiger partial charge < -0.3 is 10.2 Å². The van der Waals surface area contributed by atoms with Crippen molar-refractivity contribution in [2.45, 2.75) is 32.7 Å². The van der Waals surface area contributed by atoms with Crippen LogP contribution in [0, 0.1) is 12.8 Å². The maximum Gasteiger partial charge on any atom is 0.225 e. The number of likely N-dealkylation sites (tertiary alicyclic amines) is 1. The van der Waals surface area contributed by atoms with E-state index in [0.717, 1.165) is 12.0 Å². The van der Waals surface area contributed by atoms with E-state index in [1.807, 2.05) is 31.2 Å². The van der Waals surface area contributed by atoms with E-state index in [1.165, 1.54) is 5.56 Å². The number of rotatable bonds is 7. The summed E-state index contributed by atoms with van der Waals surface area (Å²) in [4.78, 5) is 26.2. The van der Waals surface area contributed by atoms with Gasteiger partial charge in [-0.25, -0.2) is 0 Å². The normalized spacial score (nSPS) is 17.1. The first-order valence-corrected chi connectivity index (χ1v) is 8.45. The molecule has 2 aromatic rings. The van der Waals surface area contributed by atoms with E-state index >= 15 is 0 Å². The molecule has 25 heavy (non-hydrogen) atoms. The second-order valence-electron chi connectivity index (χ2n) is 6.38. The summed E-state index contributed by atoms with van der Waals surface area (Å²) in [5.74, 6) is 0.332. The first-order chi connectivity index (χ1) is 12.1. The summed E-state index contributed by atoms with van der Waals surface area (Å²) >= 11 is 0. The zero-order valence-electron chi connectivity index (χ0n) is 14.2. The molecule has 1 fully saturated rings. The van der Waals surface area contributed by atoms with Crippen LogP contribution >= 0.6 is 0 Å². The van der Waals surface area contributed by atoms with Gasteiger partial charge >= 0.3 is 0 Å². The summed E-state index contributed by atoms with van der Waals surface area (Å²) in [5.41, 5.74) is 2.27. The molecule has 0 radical (unpaired) electrons. The van der Waals surface area contributed by atoms with Crippen molar-refractivity contribution in [2.75, 3.05) is 13.1 Å². The lowest BCUT2D eigenvalue weighted by atomic mass is 10.1. The Hall–Kier alpha value is -2.77. The second kappa shape index (κ2) is 7.87. The number of carbonyl (C=O) groups is 2. The highest BCUT2D eigenvalue weighted by molar-refractivity contribution is 5.89. The molecule has 2 amide bonds. The Kier molecular flexibility index (Phi) is 5.37. The molecular formula is C17H22N6O2. The van der Waals surface area contributed by atoms with Crippen molar-refractivity contribution in [1.29, 1.82) is 0 Å². The van der Waals surface area contributed by atoms with Crippen LogP contribution in [0.4, 0.5) is 0 Å². The van der Waals surface area contributed by atoms with Gasteiger partial charge in [0.25, 0.3) is 0 Å². The van der Waals surface area contributed by atoms with E-state index in [1.54, 1.807) is 4.90 Å². The Bertz CT molecular complexity index is 713. The van der Waals surface area contributed by atoms with Crippen LogP contribution in [0.15, 0.2) is 24.3 Å². The molecule has 1 saturated heterocycles. The Balaban J connectivity index is 1.43. The highest BCUT2D eigenvalue weighted by Gasteiger charge is 2.33. The van der Waals surface area contributed by atoms with Crippen molar-refractivity contribution >= 4 is 11.8 Å². The molecule has 1 aromatic heterocycles. The van der Waals surface area contributed by atoms with E-state index in [9.17, 15) is 9.59 Å². The average molecular weight is 342 g/mol. The Morgan fingerprint density at radius 2 is 2.16 bits per heavy atom. The van der Waals surface area contributed by atoms with Crippen LogP contribution in [-0.2, 0) is 22.6 Å². The number of tetrazole rings is 1. The summed E-state index contributed by atoms with van der Waals surface area (Å²) in [6.45, 7) is 3.60. The lowest BCUT2D eigenvalue weighted by molar-refractivity contribution is -0.129. The highest BCUT2D eigenvalue weighted by atomic mass is 16.2. The lowest BCUT2D eigenvalue weighted by Gasteiger charge is -2.17. The summed E-state index contributed by atoms with van der Waals surface area (Å²) in [5, 5.41) is 16.5. The van der Waals surface area contributed by atoms with Crippen molar-refractivity contribution in [3.63, 3.8) is 0 Å². The molecule has 1 aliphatic rings. The van der Waals surface area contributed by atoms with Gasteiger partial charge in [0, 0.05) is 32.5 Å². The number of hydrogen-bond acceptors (Lipinski definition) is 5. The maximum absolute atomic E-state index is 12.3. The van der Waals surface area contributed by atoms with Crippen LogP contribution in [0.1, 0.15) is 29.8 Å². The van der Waals surface area contributed by atoms with Crippen LogP contribution in [0.5, 0.6) is 0 Å². The van der Waals surface area contributed by atoms with Crippen molar-refractivity contribution in [3.05, 3.63) is 41.2 Å². The molecule has 0 aliphatic carbocycles. The van der Waals surface area contributed by atoms with Crippen LogP contribution in [-0.4, -0.2) is 50.4 Å². The van der Waals surface area contributed by atoms with E-state index in [2.05, 4.69) is 25.9 Å². The number of amides is 2. The molecule has 3 rings (SSSR count). The van der Waals surface area contributed by atoms with Gasteiger partial charge in [-0.3, -0.25) is 9.59 Å². The van der Waals surface area contributed by atoms with Crippen LogP contribution in [0.3, 0.4) is 0 Å². The van der Waals surface area contributed by atoms with Gasteiger partial charge in [0.2, 0.25) is 11.8 Å². The topological polar surface area (TPSA) is 104 Å². The van der Waals surface area contributed by atoms with Gasteiger partial charge in [0.1, 0.15) is 0 Å². The zero-order chi connectivity index (χ0) is 17.6. The molecule has 0 bridgehead atoms. The third-order valence-electron chi connectivity index (χ3n) is 4.34. The number of nitrogens with one attached hydrogen (secondary N) is 2. The van der Waals surface area contributed by atoms with Gasteiger partial charge in [-0.15, -0.1) is 10.2 Å². The molecule has 1 aromatic carbocycles. The van der Waals surface area contributed by atoms with E-state index in [4.69, 9.17) is 0 Å². The van der Waals surface area contributed by atoms with Crippen molar-refractivity contribution in [3.8, 4) is 0 Å². The number of nitrogens with zero attached hydrogens (tertiary/aromatic N) is 4. The Morgan fingerprint density at radius 3 is 2.88 bits per heavy atom. The monoisotopic (exact) mass is 342 g/mol. The summed E-state index contributed by atoms with van der Waals surface area (Å²) in [6.07, 6.45) is 1.67. The molecule has 1 aliphatic heterocycles. The molecule has 0 spiro atoms. The van der Waals surface area contributed by atoms with Crippen molar-refractivity contribution < 1.29 is 9.59 Å². The summed E-state index contributed by atoms with van der Waals surface area (Å²) < 4.78 is 0. The third-order valence-corrected chi connectivity index (χ3v) is 4.34. The van der Waals surface area contributed by atoms with Crippen molar-refractivity contribution in [2.24, 2.45) is 5.92 Å². The third kappa shape index (κ3) is 4.62. The number of carbonyl (C=O) groups excluding carboxylic acids is 2. The number of benzene rings is 1. The van der Waals surface area contributed by atoms with E-state index in [-0.39, 0.29) is 24.2 Å². The first kappa shape index (κ1) is 17.1. The largest absolute Gasteiger partial charge is 0.356 e. The van der Waals surface area contributed by atoms with Gasteiger partial charge in [-0.05, 0) is 18.9 Å². The average Bonchev–Trinajstić information content (AvgIpc) is 3.24. The van der Waals surface area contributed by atoms with Gasteiger partial charge in [0.15, 0.2) is 5.82 Å². The van der Waals surface area contributed by atoms with Gasteiger partial charge in [-0.2, -0.15) is 5.21 Å². The Labute approximate surface area is 146 Å². The molecule has 8 heteroatoms. The minimum Gasteiger partial charge on any atom is -0.356 e. The minimum atomic E-state index is -0.275. The number of aromatic nitrogens is 4. The number of H-pyrrole nitrogens is 1. The molecule has 0 unspecified atom stereocenters. The molecule has 0 saturated carbocycles. The molecule has 2 heterocycles. The molecule has 1 atom stereocenters. The SMILES string of the molecule is Cc1ccc(CN2C[C@H](C(=O)NCCCc3nn[nH]n3)CC2=O)cc1. The zero-order valence-corrected chi connectivity index (χ0v) is 14.2. The number of hydrogen-bond donors (Lipinski definition) is 2. The fourth-order valence-electron chi connectivity index (χ4n) is 2.91. The minimum absolute atomic E-state index is 0.0347. The highest BCUT2D eigenvalue weighted by Crippen LogP contribution is 2.20. The van der Waals surface area contributed by atoms with Crippen LogP contribution < -0.4 is 5.32 Å². The fourth-order valence-corrected chi connectivity index (χ4v) is 2.91. The van der Waals surface area contributed by atoms with Gasteiger partial charge in [0.05, 0.1) is 5.92 Å². The molecule has 2 N–H and O–H groups in total. The Morgan fingerprint density at radius 1 is 1.36 bits per heavy atom. The predicted molar refractivity (Wildman–Crippen MR) is 90.2 cm³/mol. The van der Waals surface area contributed by atoms with Crippen LogP contribution in [0.25, 0.3) is 0 Å². The molecule has 8 nitrogen and oxygen atoms in total. The maximum atomic E-state index is 12.3. The van der Waals surface area contributed by atoms with Crippen molar-refractivity contribution in [1.82, 2.24) is 30.8 Å². The standard InChI is InChI=1S/C17H22N6O2/c1-12-4-6-13(7-5-12)10-23-11-14(9-16(23)24)17(25)18-8-2-3-15-19-21-22-20-15/h4-7,14H,2-3,8-11H2,1H3,(H,18,25)(H,19,20,21,22)/t14-/m1/s1. The second-order valence-corrected chi connectivity index (χ2v) is 6.38. The van der Waals surface area contributed by atoms with E-state index < -0.39 is 0 Å². The van der Waals surface area contributed by atoms with Gasteiger partial charge in [-0.1, -0.05) is 35.0 Å².